The molecule has 0 bridgehead atoms. The Balaban J connectivity index is 1.70. The van der Waals surface area contributed by atoms with Gasteiger partial charge in [-0.2, -0.15) is 5.26 Å². The van der Waals surface area contributed by atoms with Crippen molar-refractivity contribution in [1.29, 1.82) is 5.26 Å². The van der Waals surface area contributed by atoms with Crippen LogP contribution in [0.25, 0.3) is 21.9 Å². The maximum atomic E-state index is 12.1. The molecule has 2 heterocycles. The Hall–Kier alpha value is -3.46. The Kier molecular flexibility index (Phi) is 3.77. The van der Waals surface area contributed by atoms with E-state index in [4.69, 9.17) is 11.0 Å². The first-order chi connectivity index (χ1) is 12.6. The van der Waals surface area contributed by atoms with Crippen LogP contribution in [0.15, 0.2) is 42.9 Å². The molecule has 6 nitrogen and oxygen atoms in total. The summed E-state index contributed by atoms with van der Waals surface area (Å²) in [5.74, 6) is -0.0904. The van der Waals surface area contributed by atoms with Crippen molar-refractivity contribution in [3.63, 3.8) is 0 Å². The van der Waals surface area contributed by atoms with Crippen LogP contribution in [0.1, 0.15) is 12.0 Å². The van der Waals surface area contributed by atoms with Crippen LogP contribution >= 0.6 is 0 Å². The van der Waals surface area contributed by atoms with E-state index in [0.29, 0.717) is 17.9 Å². The molecular formula is C20H17N5O. The van der Waals surface area contributed by atoms with Crippen LogP contribution in [0.4, 0.5) is 11.5 Å². The molecule has 0 saturated heterocycles. The first kappa shape index (κ1) is 16.0. The molecule has 26 heavy (non-hydrogen) atoms. The first-order valence-corrected chi connectivity index (χ1v) is 8.37. The minimum Gasteiger partial charge on any atom is -0.398 e. The van der Waals surface area contributed by atoms with Gasteiger partial charge in [0.2, 0.25) is 5.91 Å². The highest BCUT2D eigenvalue weighted by Gasteiger charge is 2.43. The van der Waals surface area contributed by atoms with Gasteiger partial charge >= 0.3 is 0 Å². The lowest BCUT2D eigenvalue weighted by Gasteiger charge is -2.11. The number of carbonyl (C=O) groups excluding carboxylic acids is 1. The average molecular weight is 343 g/mol. The summed E-state index contributed by atoms with van der Waals surface area (Å²) in [7, 11) is 0. The van der Waals surface area contributed by atoms with E-state index >= 15 is 0 Å². The van der Waals surface area contributed by atoms with Crippen LogP contribution in [0, 0.1) is 30.1 Å². The molecule has 1 saturated carbocycles. The first-order valence-electron chi connectivity index (χ1n) is 8.37. The van der Waals surface area contributed by atoms with E-state index in [9.17, 15) is 4.79 Å². The second-order valence-electron chi connectivity index (χ2n) is 6.61. The third-order valence-corrected chi connectivity index (χ3v) is 4.74. The minimum absolute atomic E-state index is 0.155. The summed E-state index contributed by atoms with van der Waals surface area (Å²) in [5, 5.41) is 13.4. The summed E-state index contributed by atoms with van der Waals surface area (Å²) in [6.07, 6.45) is 5.85. The highest BCUT2D eigenvalue weighted by atomic mass is 16.2. The van der Waals surface area contributed by atoms with Crippen molar-refractivity contribution in [3.05, 3.63) is 48.4 Å². The van der Waals surface area contributed by atoms with Crippen LogP contribution in [0.3, 0.4) is 0 Å². The normalized spacial score (nSPS) is 18.3. The summed E-state index contributed by atoms with van der Waals surface area (Å²) in [6, 6.07) is 9.84. The maximum Gasteiger partial charge on any atom is 0.230 e. The van der Waals surface area contributed by atoms with E-state index in [1.807, 2.05) is 37.4 Å². The lowest BCUT2D eigenvalue weighted by Crippen LogP contribution is -2.15. The molecule has 1 aliphatic rings. The number of pyridine rings is 2. The summed E-state index contributed by atoms with van der Waals surface area (Å²) >= 11 is 0. The smallest absolute Gasteiger partial charge is 0.230 e. The summed E-state index contributed by atoms with van der Waals surface area (Å²) in [5.41, 5.74) is 9.95. The number of nitrogen functional groups attached to an aromatic ring is 1. The zero-order chi connectivity index (χ0) is 18.3. The van der Waals surface area contributed by atoms with Crippen molar-refractivity contribution in [3.8, 4) is 17.2 Å². The number of carbonyl (C=O) groups is 1. The van der Waals surface area contributed by atoms with E-state index in [1.165, 1.54) is 0 Å². The van der Waals surface area contributed by atoms with E-state index < -0.39 is 0 Å². The molecule has 128 valence electrons. The predicted octanol–water partition coefficient (Wildman–Crippen LogP) is 3.29. The van der Waals surface area contributed by atoms with Crippen molar-refractivity contribution in [2.75, 3.05) is 11.1 Å². The fraction of sp³-hybridized carbons (Fsp3) is 0.200. The Morgan fingerprint density at radius 2 is 2.19 bits per heavy atom. The molecule has 1 unspecified atom stereocenters. The van der Waals surface area contributed by atoms with Gasteiger partial charge in [0.1, 0.15) is 5.82 Å². The molecule has 1 aliphatic carbocycles. The monoisotopic (exact) mass is 343 g/mol. The molecule has 0 spiro atoms. The zero-order valence-electron chi connectivity index (χ0n) is 14.2. The highest BCUT2D eigenvalue weighted by Crippen LogP contribution is 2.38. The number of rotatable bonds is 3. The van der Waals surface area contributed by atoms with Crippen molar-refractivity contribution in [2.24, 2.45) is 11.8 Å². The number of aromatic nitrogens is 2. The molecule has 6 heteroatoms. The second kappa shape index (κ2) is 6.12. The Labute approximate surface area is 150 Å². The molecule has 0 radical (unpaired) electrons. The highest BCUT2D eigenvalue weighted by molar-refractivity contribution is 6.00. The van der Waals surface area contributed by atoms with Gasteiger partial charge in [-0.25, -0.2) is 4.98 Å². The van der Waals surface area contributed by atoms with Crippen LogP contribution in [0.5, 0.6) is 0 Å². The third kappa shape index (κ3) is 2.84. The fourth-order valence-corrected chi connectivity index (χ4v) is 3.15. The molecule has 3 N–H and O–H groups in total. The Morgan fingerprint density at radius 1 is 1.35 bits per heavy atom. The van der Waals surface area contributed by atoms with Crippen molar-refractivity contribution >= 4 is 28.2 Å². The molecule has 2 atom stereocenters. The van der Waals surface area contributed by atoms with E-state index in [1.54, 1.807) is 12.4 Å². The van der Waals surface area contributed by atoms with Crippen molar-refractivity contribution in [2.45, 2.75) is 13.3 Å². The molecular weight excluding hydrogens is 326 g/mol. The standard InChI is InChI=1S/C20H17N5O/c1-11-9-23-3-2-15(11)12-4-13-7-19(24-10-17(13)18(22)6-12)25-20(26)16-5-14(16)8-21/h2-4,6-7,9-10,14,16H,5,22H2,1H3,(H,24,25,26)/t14?,16-/m0/s1. The van der Waals surface area contributed by atoms with Gasteiger partial charge in [0.25, 0.3) is 0 Å². The zero-order valence-corrected chi connectivity index (χ0v) is 14.2. The van der Waals surface area contributed by atoms with Crippen LogP contribution in [-0.2, 0) is 4.79 Å². The fourth-order valence-electron chi connectivity index (χ4n) is 3.15. The number of amides is 1. The number of nitriles is 1. The van der Waals surface area contributed by atoms with Gasteiger partial charge in [-0.1, -0.05) is 0 Å². The number of nitrogens with two attached hydrogens (primary N) is 1. The van der Waals surface area contributed by atoms with Gasteiger partial charge in [-0.15, -0.1) is 0 Å². The SMILES string of the molecule is Cc1cnccc1-c1cc(N)c2cnc(NC(=O)[C@H]3CC3C#N)cc2c1. The number of hydrogen-bond donors (Lipinski definition) is 2. The second-order valence-corrected chi connectivity index (χ2v) is 6.61. The number of hydrogen-bond acceptors (Lipinski definition) is 5. The lowest BCUT2D eigenvalue weighted by molar-refractivity contribution is -0.117. The molecule has 1 amide bonds. The van der Waals surface area contributed by atoms with Gasteiger partial charge in [0, 0.05) is 29.7 Å². The molecule has 3 aromatic rings. The van der Waals surface area contributed by atoms with E-state index in [-0.39, 0.29) is 17.7 Å². The topological polar surface area (TPSA) is 105 Å². The number of benzene rings is 1. The van der Waals surface area contributed by atoms with Gasteiger partial charge in [0.05, 0.1) is 17.9 Å². The number of fused-ring (bicyclic) bond motifs is 1. The number of nitrogens with zero attached hydrogens (tertiary/aromatic N) is 3. The minimum atomic E-state index is -0.228. The number of nitrogens with one attached hydrogen (secondary N) is 1. The molecule has 2 aromatic heterocycles. The van der Waals surface area contributed by atoms with E-state index in [0.717, 1.165) is 27.5 Å². The Bertz CT molecular complexity index is 1070. The average Bonchev–Trinajstić information content (AvgIpc) is 3.42. The van der Waals surface area contributed by atoms with Crippen LogP contribution in [0.2, 0.25) is 0 Å². The van der Waals surface area contributed by atoms with Crippen LogP contribution < -0.4 is 11.1 Å². The predicted molar refractivity (Wildman–Crippen MR) is 100.0 cm³/mol. The van der Waals surface area contributed by atoms with Crippen molar-refractivity contribution < 1.29 is 4.79 Å². The summed E-state index contributed by atoms with van der Waals surface area (Å²) in [6.45, 7) is 2.00. The Morgan fingerprint density at radius 3 is 2.92 bits per heavy atom. The van der Waals surface area contributed by atoms with Gasteiger partial charge in [-0.05, 0) is 59.7 Å². The molecule has 0 aliphatic heterocycles. The van der Waals surface area contributed by atoms with Gasteiger partial charge in [-0.3, -0.25) is 9.78 Å². The van der Waals surface area contributed by atoms with Gasteiger partial charge < -0.3 is 11.1 Å². The number of anilines is 2. The number of aryl methyl sites for hydroxylation is 1. The quantitative estimate of drug-likeness (QED) is 0.710. The van der Waals surface area contributed by atoms with Crippen molar-refractivity contribution in [1.82, 2.24) is 9.97 Å². The lowest BCUT2D eigenvalue weighted by atomic mass is 9.99. The third-order valence-electron chi connectivity index (χ3n) is 4.74. The maximum absolute atomic E-state index is 12.1. The largest absolute Gasteiger partial charge is 0.398 e. The molecule has 4 rings (SSSR count). The molecule has 1 aromatic carbocycles. The summed E-state index contributed by atoms with van der Waals surface area (Å²) in [4.78, 5) is 20.6. The molecule has 1 fully saturated rings. The van der Waals surface area contributed by atoms with Crippen LogP contribution in [-0.4, -0.2) is 15.9 Å². The van der Waals surface area contributed by atoms with Gasteiger partial charge in [0.15, 0.2) is 0 Å². The summed E-state index contributed by atoms with van der Waals surface area (Å²) < 4.78 is 0. The van der Waals surface area contributed by atoms with E-state index in [2.05, 4.69) is 21.4 Å².